The standard InChI is InChI=1S/C33H30.2C2H6.CH4/c1-5-11-25-21-27(19-17-23(25)3)33(28-20-18-24(4)26(22-28)12-6-2)31-15-9-7-13-29(31)30-14-8-10-16-32(30)33;2*1-2;/h5-22H,1-4H3;2*1-2H3;1H4/b11-5-,12-6-;;;. The van der Waals surface area contributed by atoms with Crippen LogP contribution < -0.4 is 0 Å². The third kappa shape index (κ3) is 5.18. The molecule has 0 fully saturated rings. The molecule has 0 aromatic heterocycles. The van der Waals surface area contributed by atoms with Crippen molar-refractivity contribution in [3.63, 3.8) is 0 Å². The Balaban J connectivity index is 0.000000969. The number of rotatable bonds is 4. The largest absolute Gasteiger partial charge is 0.0871 e. The summed E-state index contributed by atoms with van der Waals surface area (Å²) in [5.41, 5.74) is 12.8. The number of aryl methyl sites for hydroxylation is 2. The molecule has 0 N–H and O–H groups in total. The molecule has 0 aliphatic heterocycles. The van der Waals surface area contributed by atoms with Gasteiger partial charge in [0.1, 0.15) is 0 Å². The van der Waals surface area contributed by atoms with E-state index in [2.05, 4.69) is 137 Å². The van der Waals surface area contributed by atoms with Gasteiger partial charge in [0, 0.05) is 0 Å². The van der Waals surface area contributed by atoms with Gasteiger partial charge in [-0.1, -0.05) is 132 Å². The quantitative estimate of drug-likeness (QED) is 0.229. The Morgan fingerprint density at radius 2 is 0.895 bits per heavy atom. The van der Waals surface area contributed by atoms with Crippen LogP contribution in [0.2, 0.25) is 0 Å². The highest BCUT2D eigenvalue weighted by Gasteiger charge is 2.46. The van der Waals surface area contributed by atoms with Crippen LogP contribution in [0.5, 0.6) is 0 Å². The van der Waals surface area contributed by atoms with Crippen molar-refractivity contribution in [1.29, 1.82) is 0 Å². The van der Waals surface area contributed by atoms with Gasteiger partial charge in [0.25, 0.3) is 0 Å². The van der Waals surface area contributed by atoms with E-state index in [-0.39, 0.29) is 12.8 Å². The zero-order valence-corrected chi connectivity index (χ0v) is 23.9. The Labute approximate surface area is 232 Å². The molecule has 0 radical (unpaired) electrons. The molecule has 0 amide bonds. The van der Waals surface area contributed by atoms with Gasteiger partial charge in [0.15, 0.2) is 0 Å². The van der Waals surface area contributed by atoms with E-state index < -0.39 is 0 Å². The maximum Gasteiger partial charge on any atom is 0.0713 e. The molecular formula is C38H46. The lowest BCUT2D eigenvalue weighted by molar-refractivity contribution is 0.767. The van der Waals surface area contributed by atoms with E-state index in [9.17, 15) is 0 Å². The Kier molecular flexibility index (Phi) is 11.1. The van der Waals surface area contributed by atoms with Crippen molar-refractivity contribution >= 4 is 12.2 Å². The first-order valence-corrected chi connectivity index (χ1v) is 13.8. The summed E-state index contributed by atoms with van der Waals surface area (Å²) < 4.78 is 0. The second-order valence-electron chi connectivity index (χ2n) is 8.98. The van der Waals surface area contributed by atoms with Gasteiger partial charge in [-0.2, -0.15) is 0 Å². The Hall–Kier alpha value is -3.64. The van der Waals surface area contributed by atoms with E-state index in [0.29, 0.717) is 0 Å². The third-order valence-corrected chi connectivity index (χ3v) is 7.07. The fourth-order valence-corrected chi connectivity index (χ4v) is 5.49. The van der Waals surface area contributed by atoms with Gasteiger partial charge in [-0.15, -0.1) is 0 Å². The molecule has 1 aliphatic carbocycles. The van der Waals surface area contributed by atoms with Crippen LogP contribution in [0, 0.1) is 13.8 Å². The summed E-state index contributed by atoms with van der Waals surface area (Å²) in [6, 6.07) is 31.9. The molecule has 198 valence electrons. The summed E-state index contributed by atoms with van der Waals surface area (Å²) in [7, 11) is 0. The van der Waals surface area contributed by atoms with Crippen LogP contribution in [0.1, 0.15) is 93.5 Å². The molecule has 0 spiro atoms. The van der Waals surface area contributed by atoms with Gasteiger partial charge in [0.05, 0.1) is 5.41 Å². The lowest BCUT2D eigenvalue weighted by atomic mass is 9.67. The number of allylic oxidation sites excluding steroid dienone is 2. The first kappa shape index (κ1) is 30.6. The van der Waals surface area contributed by atoms with Crippen molar-refractivity contribution in [2.45, 2.75) is 68.2 Å². The predicted octanol–water partition coefficient (Wildman–Crippen LogP) is 11.4. The first-order chi connectivity index (χ1) is 18.1. The van der Waals surface area contributed by atoms with Crippen LogP contribution in [0.25, 0.3) is 23.3 Å². The van der Waals surface area contributed by atoms with Crippen LogP contribution >= 0.6 is 0 Å². The lowest BCUT2D eigenvalue weighted by Crippen LogP contribution is -2.29. The maximum atomic E-state index is 2.39. The van der Waals surface area contributed by atoms with Crippen molar-refractivity contribution in [2.24, 2.45) is 0 Å². The van der Waals surface area contributed by atoms with Crippen molar-refractivity contribution < 1.29 is 0 Å². The van der Waals surface area contributed by atoms with E-state index in [1.807, 2.05) is 27.7 Å². The van der Waals surface area contributed by atoms with Gasteiger partial charge >= 0.3 is 0 Å². The van der Waals surface area contributed by atoms with Gasteiger partial charge in [-0.25, -0.2) is 0 Å². The van der Waals surface area contributed by atoms with Crippen molar-refractivity contribution in [2.75, 3.05) is 0 Å². The van der Waals surface area contributed by atoms with E-state index in [1.54, 1.807) is 0 Å². The van der Waals surface area contributed by atoms with Crippen LogP contribution in [0.15, 0.2) is 97.1 Å². The Morgan fingerprint density at radius 3 is 1.26 bits per heavy atom. The second kappa shape index (κ2) is 13.8. The molecule has 0 heteroatoms. The second-order valence-corrected chi connectivity index (χ2v) is 8.98. The topological polar surface area (TPSA) is 0 Å². The zero-order valence-electron chi connectivity index (χ0n) is 23.9. The van der Waals surface area contributed by atoms with Gasteiger partial charge in [-0.3, -0.25) is 0 Å². The highest BCUT2D eigenvalue weighted by atomic mass is 14.5. The molecule has 0 heterocycles. The molecule has 0 saturated carbocycles. The summed E-state index contributed by atoms with van der Waals surface area (Å²) in [5.74, 6) is 0. The van der Waals surface area contributed by atoms with Gasteiger partial charge in [-0.05, 0) is 95.5 Å². The molecule has 0 nitrogen and oxygen atoms in total. The van der Waals surface area contributed by atoms with Gasteiger partial charge in [0.2, 0.25) is 0 Å². The summed E-state index contributed by atoms with van der Waals surface area (Å²) in [6.07, 6.45) is 8.70. The minimum absolute atomic E-state index is 0. The van der Waals surface area contributed by atoms with Crippen LogP contribution in [0.3, 0.4) is 0 Å². The predicted molar refractivity (Wildman–Crippen MR) is 172 cm³/mol. The van der Waals surface area contributed by atoms with E-state index in [1.165, 1.54) is 55.6 Å². The van der Waals surface area contributed by atoms with Crippen LogP contribution in [0.4, 0.5) is 0 Å². The molecule has 0 bridgehead atoms. The molecule has 0 unspecified atom stereocenters. The van der Waals surface area contributed by atoms with Crippen LogP contribution in [-0.4, -0.2) is 0 Å². The lowest BCUT2D eigenvalue weighted by Gasteiger charge is -2.34. The van der Waals surface area contributed by atoms with Gasteiger partial charge < -0.3 is 0 Å². The van der Waals surface area contributed by atoms with E-state index in [0.717, 1.165) is 0 Å². The Morgan fingerprint density at radius 1 is 0.526 bits per heavy atom. The monoisotopic (exact) mass is 502 g/mol. The van der Waals surface area contributed by atoms with Crippen molar-refractivity contribution in [3.8, 4) is 11.1 Å². The molecule has 0 atom stereocenters. The third-order valence-electron chi connectivity index (χ3n) is 7.07. The first-order valence-electron chi connectivity index (χ1n) is 13.8. The molecule has 4 aromatic carbocycles. The van der Waals surface area contributed by atoms with Crippen molar-refractivity contribution in [1.82, 2.24) is 0 Å². The molecule has 0 saturated heterocycles. The molecule has 5 rings (SSSR count). The zero-order chi connectivity index (χ0) is 27.0. The molecular weight excluding hydrogens is 456 g/mol. The minimum Gasteiger partial charge on any atom is -0.0871 e. The number of hydrogen-bond acceptors (Lipinski definition) is 0. The number of hydrogen-bond donors (Lipinski definition) is 0. The van der Waals surface area contributed by atoms with Crippen molar-refractivity contribution in [3.05, 3.63) is 142 Å². The smallest absolute Gasteiger partial charge is 0.0713 e. The minimum atomic E-state index is -0.360. The molecule has 4 aromatic rings. The fourth-order valence-electron chi connectivity index (χ4n) is 5.49. The molecule has 38 heavy (non-hydrogen) atoms. The van der Waals surface area contributed by atoms with E-state index >= 15 is 0 Å². The number of fused-ring (bicyclic) bond motifs is 3. The normalized spacial score (nSPS) is 12.5. The highest BCUT2D eigenvalue weighted by molar-refractivity contribution is 5.86. The highest BCUT2D eigenvalue weighted by Crippen LogP contribution is 2.56. The summed E-state index contributed by atoms with van der Waals surface area (Å²) in [4.78, 5) is 0. The van der Waals surface area contributed by atoms with E-state index in [4.69, 9.17) is 0 Å². The Bertz CT molecular complexity index is 1290. The average Bonchev–Trinajstić information content (AvgIpc) is 3.25. The van der Waals surface area contributed by atoms with Crippen LogP contribution in [-0.2, 0) is 5.41 Å². The fraction of sp³-hybridized carbons (Fsp3) is 0.263. The summed E-state index contributed by atoms with van der Waals surface area (Å²) >= 11 is 0. The molecule has 1 aliphatic rings. The maximum absolute atomic E-state index is 2.39. The summed E-state index contributed by atoms with van der Waals surface area (Å²) in [6.45, 7) is 16.6. The SMILES string of the molecule is C.C/C=C\c1cc(C2(c3ccc(C)c(/C=C\C)c3)c3ccccc3-c3ccccc32)ccc1C.CC.CC. The summed E-state index contributed by atoms with van der Waals surface area (Å²) in [5, 5.41) is 0. The number of benzene rings is 4. The average molecular weight is 503 g/mol.